The number of likely N-dealkylation sites (N-methyl/N-ethyl adjacent to an activating group) is 1. The van der Waals surface area contributed by atoms with Crippen LogP contribution in [0, 0.1) is 0 Å². The lowest BCUT2D eigenvalue weighted by Crippen LogP contribution is -2.44. The molecule has 0 radical (unpaired) electrons. The Kier molecular flexibility index (Phi) is 4.61. The Morgan fingerprint density at radius 3 is 3.05 bits per heavy atom. The largest absolute Gasteiger partial charge is 0.463 e. The van der Waals surface area contributed by atoms with E-state index < -0.39 is 5.97 Å². The number of carbonyl (C=O) groups excluding carboxylic acids is 1. The third kappa shape index (κ3) is 3.36. The number of methoxy groups -OCH3 is 1. The van der Waals surface area contributed by atoms with Gasteiger partial charge in [-0.05, 0) is 39.5 Å². The van der Waals surface area contributed by atoms with Gasteiger partial charge in [0, 0.05) is 24.7 Å². The van der Waals surface area contributed by atoms with Gasteiger partial charge in [-0.15, -0.1) is 0 Å². The molecule has 0 bridgehead atoms. The van der Waals surface area contributed by atoms with E-state index in [4.69, 9.17) is 9.15 Å². The molecule has 1 aliphatic rings. The molecule has 106 valence electrons. The normalized spacial score (nSPS) is 20.7. The SMILES string of the molecule is COC(=O)c1occc1CN1CCCC(N(C)C)C1. The molecular formula is C14H22N2O3. The maximum Gasteiger partial charge on any atom is 0.374 e. The molecule has 1 aromatic rings. The van der Waals surface area contributed by atoms with Crippen LogP contribution in [0.15, 0.2) is 16.7 Å². The molecule has 1 unspecified atom stereocenters. The van der Waals surface area contributed by atoms with Crippen LogP contribution in [0.3, 0.4) is 0 Å². The average Bonchev–Trinajstić information content (AvgIpc) is 2.86. The minimum atomic E-state index is -0.402. The summed E-state index contributed by atoms with van der Waals surface area (Å²) in [6.45, 7) is 2.83. The minimum Gasteiger partial charge on any atom is -0.463 e. The molecule has 0 amide bonds. The molecule has 5 heteroatoms. The van der Waals surface area contributed by atoms with Gasteiger partial charge in [-0.1, -0.05) is 0 Å². The van der Waals surface area contributed by atoms with Crippen LogP contribution in [0.5, 0.6) is 0 Å². The van der Waals surface area contributed by atoms with Gasteiger partial charge < -0.3 is 14.1 Å². The van der Waals surface area contributed by atoms with E-state index in [1.807, 2.05) is 6.07 Å². The molecule has 2 rings (SSSR count). The van der Waals surface area contributed by atoms with E-state index in [9.17, 15) is 4.79 Å². The zero-order chi connectivity index (χ0) is 13.8. The summed E-state index contributed by atoms with van der Waals surface area (Å²) in [4.78, 5) is 16.2. The van der Waals surface area contributed by atoms with Crippen molar-refractivity contribution in [2.45, 2.75) is 25.4 Å². The molecule has 0 aliphatic carbocycles. The van der Waals surface area contributed by atoms with E-state index in [1.54, 1.807) is 6.26 Å². The molecule has 5 nitrogen and oxygen atoms in total. The van der Waals surface area contributed by atoms with Gasteiger partial charge in [-0.2, -0.15) is 0 Å². The average molecular weight is 266 g/mol. The maximum atomic E-state index is 11.6. The molecule has 0 spiro atoms. The van der Waals surface area contributed by atoms with E-state index in [2.05, 4.69) is 23.9 Å². The van der Waals surface area contributed by atoms with Gasteiger partial charge in [0.05, 0.1) is 13.4 Å². The second-order valence-electron chi connectivity index (χ2n) is 5.26. The number of ether oxygens (including phenoxy) is 1. The van der Waals surface area contributed by atoms with Gasteiger partial charge in [0.25, 0.3) is 0 Å². The molecule has 1 atom stereocenters. The van der Waals surface area contributed by atoms with Gasteiger partial charge in [-0.3, -0.25) is 4.90 Å². The number of rotatable bonds is 4. The van der Waals surface area contributed by atoms with E-state index in [1.165, 1.54) is 20.0 Å². The summed E-state index contributed by atoms with van der Waals surface area (Å²) in [5, 5.41) is 0. The third-order valence-electron chi connectivity index (χ3n) is 3.72. The molecule has 1 fully saturated rings. The van der Waals surface area contributed by atoms with E-state index in [0.717, 1.165) is 25.2 Å². The highest BCUT2D eigenvalue weighted by molar-refractivity contribution is 5.87. The summed E-state index contributed by atoms with van der Waals surface area (Å²) in [5.41, 5.74) is 0.909. The molecule has 0 N–H and O–H groups in total. The van der Waals surface area contributed by atoms with Crippen LogP contribution in [-0.2, 0) is 11.3 Å². The number of hydrogen-bond acceptors (Lipinski definition) is 5. The molecule has 1 aromatic heterocycles. The summed E-state index contributed by atoms with van der Waals surface area (Å²) < 4.78 is 9.95. The van der Waals surface area contributed by atoms with Crippen LogP contribution in [-0.4, -0.2) is 56.1 Å². The van der Waals surface area contributed by atoms with Gasteiger partial charge >= 0.3 is 5.97 Å². The topological polar surface area (TPSA) is 45.9 Å². The second-order valence-corrected chi connectivity index (χ2v) is 5.26. The van der Waals surface area contributed by atoms with Crippen LogP contribution >= 0.6 is 0 Å². The maximum absolute atomic E-state index is 11.6. The molecule has 1 saturated heterocycles. The van der Waals surface area contributed by atoms with Crippen molar-refractivity contribution in [1.29, 1.82) is 0 Å². The zero-order valence-corrected chi connectivity index (χ0v) is 11.9. The van der Waals surface area contributed by atoms with Crippen LogP contribution in [0.1, 0.15) is 29.0 Å². The van der Waals surface area contributed by atoms with Crippen molar-refractivity contribution in [1.82, 2.24) is 9.80 Å². The van der Waals surface area contributed by atoms with E-state index in [0.29, 0.717) is 11.8 Å². The van der Waals surface area contributed by atoms with Crippen molar-refractivity contribution in [2.75, 3.05) is 34.3 Å². The summed E-state index contributed by atoms with van der Waals surface area (Å²) in [7, 11) is 5.61. The highest BCUT2D eigenvalue weighted by Crippen LogP contribution is 2.19. The minimum absolute atomic E-state index is 0.328. The van der Waals surface area contributed by atoms with Gasteiger partial charge in [0.15, 0.2) is 0 Å². The highest BCUT2D eigenvalue weighted by Gasteiger charge is 2.24. The quantitative estimate of drug-likeness (QED) is 0.774. The van der Waals surface area contributed by atoms with Crippen molar-refractivity contribution in [3.8, 4) is 0 Å². The Labute approximate surface area is 114 Å². The monoisotopic (exact) mass is 266 g/mol. The number of piperidine rings is 1. The Bertz CT molecular complexity index is 428. The van der Waals surface area contributed by atoms with Crippen LogP contribution in [0.2, 0.25) is 0 Å². The van der Waals surface area contributed by atoms with Crippen LogP contribution < -0.4 is 0 Å². The molecule has 0 saturated carbocycles. The number of likely N-dealkylation sites (tertiary alicyclic amines) is 1. The van der Waals surface area contributed by atoms with Crippen molar-refractivity contribution in [2.24, 2.45) is 0 Å². The fourth-order valence-electron chi connectivity index (χ4n) is 2.57. The van der Waals surface area contributed by atoms with Gasteiger partial charge in [-0.25, -0.2) is 4.79 Å². The van der Waals surface area contributed by atoms with Crippen LogP contribution in [0.25, 0.3) is 0 Å². The summed E-state index contributed by atoms with van der Waals surface area (Å²) >= 11 is 0. The first kappa shape index (κ1) is 14.1. The number of esters is 1. The lowest BCUT2D eigenvalue weighted by molar-refractivity contribution is 0.0560. The van der Waals surface area contributed by atoms with Crippen molar-refractivity contribution >= 4 is 5.97 Å². The molecule has 19 heavy (non-hydrogen) atoms. The smallest absolute Gasteiger partial charge is 0.374 e. The zero-order valence-electron chi connectivity index (χ0n) is 11.9. The number of furan rings is 1. The molecule has 1 aliphatic heterocycles. The van der Waals surface area contributed by atoms with Crippen molar-refractivity contribution in [3.63, 3.8) is 0 Å². The number of hydrogen-bond donors (Lipinski definition) is 0. The highest BCUT2D eigenvalue weighted by atomic mass is 16.5. The lowest BCUT2D eigenvalue weighted by atomic mass is 10.0. The predicted molar refractivity (Wildman–Crippen MR) is 72.0 cm³/mol. The van der Waals surface area contributed by atoms with Gasteiger partial charge in [0.1, 0.15) is 0 Å². The third-order valence-corrected chi connectivity index (χ3v) is 3.72. The first-order valence-electron chi connectivity index (χ1n) is 6.65. The van der Waals surface area contributed by atoms with Crippen molar-refractivity contribution < 1.29 is 13.9 Å². The fourth-order valence-corrected chi connectivity index (χ4v) is 2.57. The lowest BCUT2D eigenvalue weighted by Gasteiger charge is -2.36. The standard InChI is InChI=1S/C14H22N2O3/c1-15(2)12-5-4-7-16(10-12)9-11-6-8-19-13(11)14(17)18-3/h6,8,12H,4-5,7,9-10H2,1-3H3. The predicted octanol–water partition coefficient (Wildman–Crippen LogP) is 1.59. The second kappa shape index (κ2) is 6.21. The number of carbonyl (C=O) groups is 1. The first-order chi connectivity index (χ1) is 9.11. The van der Waals surface area contributed by atoms with E-state index >= 15 is 0 Å². The Hall–Kier alpha value is -1.33. The Morgan fingerprint density at radius 2 is 2.37 bits per heavy atom. The number of nitrogens with zero attached hydrogens (tertiary/aromatic N) is 2. The summed E-state index contributed by atoms with van der Waals surface area (Å²) in [6, 6.07) is 2.44. The summed E-state index contributed by atoms with van der Waals surface area (Å²) in [6.07, 6.45) is 3.97. The molecule has 0 aromatic carbocycles. The van der Waals surface area contributed by atoms with Crippen LogP contribution in [0.4, 0.5) is 0 Å². The van der Waals surface area contributed by atoms with E-state index in [-0.39, 0.29) is 0 Å². The Balaban J connectivity index is 2.01. The molecular weight excluding hydrogens is 244 g/mol. The first-order valence-corrected chi connectivity index (χ1v) is 6.65. The summed E-state index contributed by atoms with van der Waals surface area (Å²) in [5.74, 6) is -0.0735. The molecule has 2 heterocycles. The fraction of sp³-hybridized carbons (Fsp3) is 0.643. The van der Waals surface area contributed by atoms with Gasteiger partial charge in [0.2, 0.25) is 5.76 Å². The Morgan fingerprint density at radius 1 is 1.58 bits per heavy atom. The van der Waals surface area contributed by atoms with Crippen molar-refractivity contribution in [3.05, 3.63) is 23.7 Å².